The van der Waals surface area contributed by atoms with Gasteiger partial charge in [0.2, 0.25) is 5.78 Å². The minimum absolute atomic E-state index is 0.0879. The molecule has 2 aromatic rings. The number of unbranched alkanes of at least 4 members (excludes halogenated alkanes) is 1. The van der Waals surface area contributed by atoms with E-state index < -0.39 is 0 Å². The summed E-state index contributed by atoms with van der Waals surface area (Å²) in [6, 6.07) is 10.7. The molecule has 2 heterocycles. The van der Waals surface area contributed by atoms with E-state index in [4.69, 9.17) is 0 Å². The Morgan fingerprint density at radius 3 is 2.52 bits per heavy atom. The van der Waals surface area contributed by atoms with Crippen molar-refractivity contribution in [3.63, 3.8) is 0 Å². The number of amides is 1. The smallest absolute Gasteiger partial charge is 0.252 e. The summed E-state index contributed by atoms with van der Waals surface area (Å²) in [5.74, 6) is 0.606. The molecule has 1 fully saturated rings. The van der Waals surface area contributed by atoms with Gasteiger partial charge in [0.1, 0.15) is 0 Å². The second-order valence-electron chi connectivity index (χ2n) is 7.34. The number of carbonyl (C=O) groups is 2. The Hall–Kier alpha value is -1.98. The van der Waals surface area contributed by atoms with Gasteiger partial charge in [-0.2, -0.15) is 0 Å². The van der Waals surface area contributed by atoms with Crippen LogP contribution < -0.4 is 5.32 Å². The van der Waals surface area contributed by atoms with Crippen LogP contribution in [0.3, 0.4) is 0 Å². The third-order valence-corrected chi connectivity index (χ3v) is 6.09. The number of ketones is 1. The minimum atomic E-state index is -0.165. The number of hydrogen-bond donors (Lipinski definition) is 1. The molecule has 0 radical (unpaired) electrons. The molecular weight excluding hydrogens is 356 g/mol. The molecule has 0 bridgehead atoms. The number of likely N-dealkylation sites (tertiary alicyclic amines) is 1. The lowest BCUT2D eigenvalue weighted by Gasteiger charge is -2.30. The summed E-state index contributed by atoms with van der Waals surface area (Å²) in [6.07, 6.45) is 4.64. The molecule has 1 aliphatic heterocycles. The highest BCUT2D eigenvalue weighted by molar-refractivity contribution is 7.12. The van der Waals surface area contributed by atoms with E-state index in [1.165, 1.54) is 37.3 Å². The summed E-state index contributed by atoms with van der Waals surface area (Å²) in [6.45, 7) is 6.48. The first kappa shape index (κ1) is 19.8. The number of piperidine rings is 1. The average Bonchev–Trinajstić information content (AvgIpc) is 3.23. The second-order valence-corrected chi connectivity index (χ2v) is 8.29. The van der Waals surface area contributed by atoms with Crippen molar-refractivity contribution < 1.29 is 9.59 Å². The molecule has 1 aromatic heterocycles. The molecule has 0 unspecified atom stereocenters. The minimum Gasteiger partial charge on any atom is -0.352 e. The molecule has 27 heavy (non-hydrogen) atoms. The number of rotatable bonds is 8. The third kappa shape index (κ3) is 5.50. The summed E-state index contributed by atoms with van der Waals surface area (Å²) < 4.78 is 0. The molecule has 0 atom stereocenters. The Kier molecular flexibility index (Phi) is 7.18. The van der Waals surface area contributed by atoms with Gasteiger partial charge in [-0.15, -0.1) is 11.3 Å². The number of carbonyl (C=O) groups excluding carboxylic acids is 2. The molecule has 5 heteroatoms. The van der Waals surface area contributed by atoms with Crippen LogP contribution in [0, 0.1) is 5.92 Å². The van der Waals surface area contributed by atoms with Gasteiger partial charge < -0.3 is 10.2 Å². The topological polar surface area (TPSA) is 49.4 Å². The van der Waals surface area contributed by atoms with Crippen molar-refractivity contribution in [2.45, 2.75) is 32.6 Å². The number of thiophene rings is 1. The molecule has 1 N–H and O–H groups in total. The van der Waals surface area contributed by atoms with Crippen LogP contribution >= 0.6 is 11.3 Å². The van der Waals surface area contributed by atoms with E-state index in [0.29, 0.717) is 22.5 Å². The van der Waals surface area contributed by atoms with Gasteiger partial charge in [0.25, 0.3) is 5.91 Å². The van der Waals surface area contributed by atoms with E-state index in [0.717, 1.165) is 25.3 Å². The largest absolute Gasteiger partial charge is 0.352 e. The molecule has 1 aromatic carbocycles. The fraction of sp³-hybridized carbons (Fsp3) is 0.455. The van der Waals surface area contributed by atoms with Crippen molar-refractivity contribution in [3.8, 4) is 0 Å². The van der Waals surface area contributed by atoms with Crippen LogP contribution in [0.1, 0.15) is 58.2 Å². The molecule has 4 nitrogen and oxygen atoms in total. The zero-order valence-electron chi connectivity index (χ0n) is 15.9. The molecule has 0 aliphatic carbocycles. The van der Waals surface area contributed by atoms with Gasteiger partial charge in [0.15, 0.2) is 0 Å². The highest BCUT2D eigenvalue weighted by Crippen LogP contribution is 2.19. The van der Waals surface area contributed by atoms with E-state index >= 15 is 0 Å². The number of benzene rings is 1. The van der Waals surface area contributed by atoms with Gasteiger partial charge in [-0.05, 0) is 68.7 Å². The number of nitrogens with zero attached hydrogens (tertiary/aromatic N) is 1. The Balaban J connectivity index is 1.46. The maximum absolute atomic E-state index is 12.6. The van der Waals surface area contributed by atoms with Crippen molar-refractivity contribution in [2.75, 3.05) is 26.2 Å². The monoisotopic (exact) mass is 384 g/mol. The first-order valence-corrected chi connectivity index (χ1v) is 10.7. The molecule has 1 amide bonds. The Morgan fingerprint density at radius 2 is 1.81 bits per heavy atom. The van der Waals surface area contributed by atoms with E-state index in [1.807, 2.05) is 11.4 Å². The Morgan fingerprint density at radius 1 is 1.07 bits per heavy atom. The summed E-state index contributed by atoms with van der Waals surface area (Å²) in [5.41, 5.74) is 0.931. The third-order valence-electron chi connectivity index (χ3n) is 5.22. The molecular formula is C22H28N2O2S. The van der Waals surface area contributed by atoms with Gasteiger partial charge in [0, 0.05) is 12.1 Å². The van der Waals surface area contributed by atoms with Gasteiger partial charge in [0.05, 0.1) is 10.4 Å². The van der Waals surface area contributed by atoms with Crippen molar-refractivity contribution in [1.82, 2.24) is 10.2 Å². The molecule has 1 aliphatic rings. The molecule has 0 spiro atoms. The fourth-order valence-corrected chi connectivity index (χ4v) is 4.14. The summed E-state index contributed by atoms with van der Waals surface area (Å²) in [7, 11) is 0. The molecule has 3 rings (SSSR count). The van der Waals surface area contributed by atoms with Gasteiger partial charge >= 0.3 is 0 Å². The normalized spacial score (nSPS) is 15.6. The van der Waals surface area contributed by atoms with Crippen LogP contribution in [0.5, 0.6) is 0 Å². The van der Waals surface area contributed by atoms with Crippen molar-refractivity contribution >= 4 is 23.0 Å². The Labute approximate surface area is 165 Å². The van der Waals surface area contributed by atoms with Crippen LogP contribution in [0.15, 0.2) is 41.8 Å². The predicted molar refractivity (Wildman–Crippen MR) is 111 cm³/mol. The van der Waals surface area contributed by atoms with Crippen LogP contribution in [0.25, 0.3) is 0 Å². The zero-order chi connectivity index (χ0) is 19.1. The van der Waals surface area contributed by atoms with Gasteiger partial charge in [-0.25, -0.2) is 0 Å². The quantitative estimate of drug-likeness (QED) is 0.548. The van der Waals surface area contributed by atoms with E-state index in [1.54, 1.807) is 30.3 Å². The zero-order valence-corrected chi connectivity index (χ0v) is 16.8. The number of hydrogen-bond acceptors (Lipinski definition) is 4. The van der Waals surface area contributed by atoms with Crippen LogP contribution in [-0.4, -0.2) is 42.8 Å². The fourth-order valence-electron chi connectivity index (χ4n) is 3.46. The van der Waals surface area contributed by atoms with E-state index in [9.17, 15) is 9.59 Å². The first-order valence-electron chi connectivity index (χ1n) is 9.83. The Bertz CT molecular complexity index is 749. The van der Waals surface area contributed by atoms with Crippen molar-refractivity contribution in [1.29, 1.82) is 0 Å². The predicted octanol–water partition coefficient (Wildman–Crippen LogP) is 4.22. The average molecular weight is 385 g/mol. The van der Waals surface area contributed by atoms with Gasteiger partial charge in [-0.1, -0.05) is 31.2 Å². The summed E-state index contributed by atoms with van der Waals surface area (Å²) >= 11 is 1.40. The molecule has 1 saturated heterocycles. The second kappa shape index (κ2) is 9.81. The lowest BCUT2D eigenvalue weighted by atomic mass is 9.99. The van der Waals surface area contributed by atoms with Crippen molar-refractivity contribution in [2.24, 2.45) is 5.92 Å². The van der Waals surface area contributed by atoms with E-state index in [-0.39, 0.29) is 11.7 Å². The standard InChI is InChI=1S/C22H28N2O2S/c1-17-10-14-24(15-11-17)13-5-4-12-23-22(26)19-8-3-2-7-18(19)21(25)20-9-6-16-27-20/h2-3,6-9,16-17H,4-5,10-15H2,1H3,(H,23,26). The number of nitrogens with one attached hydrogen (secondary N) is 1. The first-order chi connectivity index (χ1) is 13.1. The van der Waals surface area contributed by atoms with E-state index in [2.05, 4.69) is 17.1 Å². The van der Waals surface area contributed by atoms with Crippen LogP contribution in [0.4, 0.5) is 0 Å². The van der Waals surface area contributed by atoms with Crippen LogP contribution in [-0.2, 0) is 0 Å². The lowest BCUT2D eigenvalue weighted by molar-refractivity contribution is 0.0941. The molecule has 0 saturated carbocycles. The van der Waals surface area contributed by atoms with Crippen molar-refractivity contribution in [3.05, 3.63) is 57.8 Å². The maximum Gasteiger partial charge on any atom is 0.252 e. The van der Waals surface area contributed by atoms with Crippen LogP contribution in [0.2, 0.25) is 0 Å². The van der Waals surface area contributed by atoms with Gasteiger partial charge in [-0.3, -0.25) is 9.59 Å². The highest BCUT2D eigenvalue weighted by atomic mass is 32.1. The summed E-state index contributed by atoms with van der Waals surface area (Å²) in [4.78, 5) is 28.4. The molecule has 144 valence electrons. The lowest BCUT2D eigenvalue weighted by Crippen LogP contribution is -2.34. The summed E-state index contributed by atoms with van der Waals surface area (Å²) in [5, 5.41) is 4.85. The highest BCUT2D eigenvalue weighted by Gasteiger charge is 2.18. The SMILES string of the molecule is CC1CCN(CCCCNC(=O)c2ccccc2C(=O)c2cccs2)CC1. The maximum atomic E-state index is 12.6.